The van der Waals surface area contributed by atoms with Crippen molar-refractivity contribution in [3.63, 3.8) is 0 Å². The van der Waals surface area contributed by atoms with Crippen molar-refractivity contribution in [1.29, 1.82) is 0 Å². The number of Topliss-reactive ketones (excluding diaryl/α,β-unsaturated/α-hetero) is 1. The van der Waals surface area contributed by atoms with Crippen LogP contribution < -0.4 is 5.73 Å². The lowest BCUT2D eigenvalue weighted by molar-refractivity contribution is 0.0977. The molecule has 0 aliphatic rings. The highest BCUT2D eigenvalue weighted by Gasteiger charge is 2.20. The molecule has 0 unspecified atom stereocenters. The minimum atomic E-state index is -0.918. The topological polar surface area (TPSA) is 56.2 Å². The summed E-state index contributed by atoms with van der Waals surface area (Å²) in [5.74, 6) is -2.44. The van der Waals surface area contributed by atoms with Crippen LogP contribution in [0.25, 0.3) is 11.0 Å². The molecule has 0 saturated carbocycles. The zero-order valence-electron chi connectivity index (χ0n) is 8.30. The number of halogens is 2. The van der Waals surface area contributed by atoms with Crippen molar-refractivity contribution in [2.45, 2.75) is 6.42 Å². The van der Waals surface area contributed by atoms with E-state index < -0.39 is 23.0 Å². The summed E-state index contributed by atoms with van der Waals surface area (Å²) in [5.41, 5.74) is 4.72. The fraction of sp³-hybridized carbons (Fsp3) is 0.182. The normalized spacial score (nSPS) is 10.9. The van der Waals surface area contributed by atoms with E-state index in [1.807, 2.05) is 0 Å². The van der Waals surface area contributed by atoms with E-state index in [0.29, 0.717) is 0 Å². The van der Waals surface area contributed by atoms with Gasteiger partial charge in [-0.15, -0.1) is 0 Å². The van der Waals surface area contributed by atoms with Crippen LogP contribution in [0.3, 0.4) is 0 Å². The lowest BCUT2D eigenvalue weighted by Crippen LogP contribution is -2.11. The van der Waals surface area contributed by atoms with Crippen LogP contribution in [-0.2, 0) is 0 Å². The van der Waals surface area contributed by atoms with Crippen molar-refractivity contribution in [1.82, 2.24) is 0 Å². The molecule has 2 N–H and O–H groups in total. The van der Waals surface area contributed by atoms with Crippen LogP contribution in [-0.4, -0.2) is 12.3 Å². The lowest BCUT2D eigenvalue weighted by Gasteiger charge is -2.03. The number of hydrogen-bond donors (Lipinski definition) is 1. The standard InChI is InChI=1S/C11H9F2NO2/c12-7-5-9-6(2-4-16-9)11(13)10(7)8(15)1-3-14/h2,4-5H,1,3,14H2. The van der Waals surface area contributed by atoms with Crippen molar-refractivity contribution in [3.05, 3.63) is 35.6 Å². The number of ketones is 1. The second-order valence-corrected chi connectivity index (χ2v) is 3.34. The molecule has 1 heterocycles. The maximum atomic E-state index is 13.8. The second-order valence-electron chi connectivity index (χ2n) is 3.34. The van der Waals surface area contributed by atoms with Gasteiger partial charge in [-0.1, -0.05) is 0 Å². The Bertz CT molecular complexity index is 548. The highest BCUT2D eigenvalue weighted by molar-refractivity contribution is 6.00. The van der Waals surface area contributed by atoms with E-state index in [9.17, 15) is 13.6 Å². The third-order valence-corrected chi connectivity index (χ3v) is 2.30. The largest absolute Gasteiger partial charge is 0.464 e. The summed E-state index contributed by atoms with van der Waals surface area (Å²) in [6.07, 6.45) is 1.15. The van der Waals surface area contributed by atoms with Crippen LogP contribution in [0.1, 0.15) is 16.8 Å². The number of furan rings is 1. The summed E-state index contributed by atoms with van der Waals surface area (Å²) in [5, 5.41) is 0.0989. The number of hydrogen-bond acceptors (Lipinski definition) is 3. The molecule has 3 nitrogen and oxygen atoms in total. The number of fused-ring (bicyclic) bond motifs is 1. The van der Waals surface area contributed by atoms with Gasteiger partial charge in [-0.25, -0.2) is 8.78 Å². The van der Waals surface area contributed by atoms with Crippen LogP contribution in [0.15, 0.2) is 22.8 Å². The summed E-state index contributed by atoms with van der Waals surface area (Å²) >= 11 is 0. The molecule has 16 heavy (non-hydrogen) atoms. The molecule has 0 aliphatic heterocycles. The van der Waals surface area contributed by atoms with E-state index in [1.165, 1.54) is 12.3 Å². The van der Waals surface area contributed by atoms with Gasteiger partial charge in [0.15, 0.2) is 5.78 Å². The Hall–Kier alpha value is -1.75. The van der Waals surface area contributed by atoms with Gasteiger partial charge in [-0.3, -0.25) is 4.79 Å². The third-order valence-electron chi connectivity index (χ3n) is 2.30. The van der Waals surface area contributed by atoms with E-state index in [4.69, 9.17) is 10.2 Å². The number of carbonyl (C=O) groups is 1. The van der Waals surface area contributed by atoms with Crippen LogP contribution in [0.4, 0.5) is 8.78 Å². The van der Waals surface area contributed by atoms with Gasteiger partial charge >= 0.3 is 0 Å². The fourth-order valence-corrected chi connectivity index (χ4v) is 1.55. The average Bonchev–Trinajstić information content (AvgIpc) is 2.66. The molecular weight excluding hydrogens is 216 g/mol. The first-order valence-corrected chi connectivity index (χ1v) is 4.73. The van der Waals surface area contributed by atoms with Crippen LogP contribution in [0.5, 0.6) is 0 Å². The smallest absolute Gasteiger partial charge is 0.170 e. The molecule has 0 aliphatic carbocycles. The molecular formula is C11H9F2NO2. The number of rotatable bonds is 3. The Labute approximate surface area is 89.8 Å². The van der Waals surface area contributed by atoms with Crippen molar-refractivity contribution in [3.8, 4) is 0 Å². The molecule has 84 valence electrons. The Kier molecular flexibility index (Phi) is 2.70. The summed E-state index contributed by atoms with van der Waals surface area (Å²) in [6.45, 7) is 0.0567. The summed E-state index contributed by atoms with van der Waals surface area (Å²) < 4.78 is 32.1. The quantitative estimate of drug-likeness (QED) is 0.815. The van der Waals surface area contributed by atoms with Crippen LogP contribution in [0, 0.1) is 11.6 Å². The van der Waals surface area contributed by atoms with Crippen molar-refractivity contribution < 1.29 is 18.0 Å². The molecule has 0 amide bonds. The van der Waals surface area contributed by atoms with E-state index in [2.05, 4.69) is 0 Å². The Morgan fingerprint density at radius 3 is 2.88 bits per heavy atom. The van der Waals surface area contributed by atoms with Crippen LogP contribution in [0.2, 0.25) is 0 Å². The third kappa shape index (κ3) is 1.59. The van der Waals surface area contributed by atoms with Gasteiger partial charge < -0.3 is 10.2 Å². The second kappa shape index (κ2) is 4.02. The monoisotopic (exact) mass is 225 g/mol. The molecule has 0 fully saturated rings. The lowest BCUT2D eigenvalue weighted by atomic mass is 10.0. The summed E-state index contributed by atoms with van der Waals surface area (Å²) in [4.78, 5) is 11.5. The van der Waals surface area contributed by atoms with Gasteiger partial charge in [0.05, 0.1) is 17.2 Å². The number of benzene rings is 1. The summed E-state index contributed by atoms with van der Waals surface area (Å²) in [6, 6.07) is 2.35. The van der Waals surface area contributed by atoms with Gasteiger partial charge in [-0.2, -0.15) is 0 Å². The van der Waals surface area contributed by atoms with Gasteiger partial charge in [0.2, 0.25) is 0 Å². The highest BCUT2D eigenvalue weighted by atomic mass is 19.1. The SMILES string of the molecule is NCCC(=O)c1c(F)cc2occc2c1F. The van der Waals surface area contributed by atoms with E-state index >= 15 is 0 Å². The van der Waals surface area contributed by atoms with Gasteiger partial charge in [-0.05, 0) is 12.6 Å². The molecule has 0 bridgehead atoms. The minimum absolute atomic E-state index is 0.0567. The van der Waals surface area contributed by atoms with E-state index in [-0.39, 0.29) is 23.9 Å². The molecule has 1 aromatic carbocycles. The minimum Gasteiger partial charge on any atom is -0.464 e. The predicted molar refractivity (Wildman–Crippen MR) is 54.1 cm³/mol. The molecule has 1 aromatic heterocycles. The molecule has 5 heteroatoms. The maximum Gasteiger partial charge on any atom is 0.170 e. The van der Waals surface area contributed by atoms with Gasteiger partial charge in [0.1, 0.15) is 17.2 Å². The highest BCUT2D eigenvalue weighted by Crippen LogP contribution is 2.25. The molecule has 2 rings (SSSR count). The molecule has 0 radical (unpaired) electrons. The van der Waals surface area contributed by atoms with E-state index in [1.54, 1.807) is 0 Å². The molecule has 0 saturated heterocycles. The molecule has 2 aromatic rings. The number of nitrogens with two attached hydrogens (primary N) is 1. The van der Waals surface area contributed by atoms with Crippen molar-refractivity contribution in [2.75, 3.05) is 6.54 Å². The first-order chi connectivity index (χ1) is 7.65. The molecule has 0 spiro atoms. The Morgan fingerprint density at radius 1 is 1.44 bits per heavy atom. The zero-order chi connectivity index (χ0) is 11.7. The first kappa shape index (κ1) is 10.8. The maximum absolute atomic E-state index is 13.8. The van der Waals surface area contributed by atoms with Crippen molar-refractivity contribution >= 4 is 16.8 Å². The van der Waals surface area contributed by atoms with Crippen LogP contribution >= 0.6 is 0 Å². The molecule has 0 atom stereocenters. The van der Waals surface area contributed by atoms with Crippen molar-refractivity contribution in [2.24, 2.45) is 5.73 Å². The first-order valence-electron chi connectivity index (χ1n) is 4.73. The summed E-state index contributed by atoms with van der Waals surface area (Å²) in [7, 11) is 0. The van der Waals surface area contributed by atoms with Gasteiger partial charge in [0, 0.05) is 12.5 Å². The average molecular weight is 225 g/mol. The Morgan fingerprint density at radius 2 is 2.19 bits per heavy atom. The van der Waals surface area contributed by atoms with E-state index in [0.717, 1.165) is 6.07 Å². The fourth-order valence-electron chi connectivity index (χ4n) is 1.55. The predicted octanol–water partition coefficient (Wildman–Crippen LogP) is 2.24. The Balaban J connectivity index is 2.63. The van der Waals surface area contributed by atoms with Gasteiger partial charge in [0.25, 0.3) is 0 Å². The zero-order valence-corrected chi connectivity index (χ0v) is 8.30. The number of carbonyl (C=O) groups excluding carboxylic acids is 1.